The molecule has 0 aliphatic rings. The molecule has 0 bridgehead atoms. The molecule has 17 heavy (non-hydrogen) atoms. The third-order valence-electron chi connectivity index (χ3n) is 3.22. The van der Waals surface area contributed by atoms with Gasteiger partial charge in [0.15, 0.2) is 0 Å². The van der Waals surface area contributed by atoms with Crippen molar-refractivity contribution in [3.8, 4) is 0 Å². The van der Waals surface area contributed by atoms with Gasteiger partial charge in [-0.25, -0.2) is 0 Å². The molecule has 0 aliphatic carbocycles. The second-order valence-corrected chi connectivity index (χ2v) is 12.9. The summed E-state index contributed by atoms with van der Waals surface area (Å²) in [6.45, 7) is 4.53. The van der Waals surface area contributed by atoms with Crippen LogP contribution in [0, 0.1) is 0 Å². The highest BCUT2D eigenvalue weighted by atomic mass is 32.9. The Morgan fingerprint density at radius 1 is 0.706 bits per heavy atom. The highest BCUT2D eigenvalue weighted by Gasteiger charge is 2.10. The van der Waals surface area contributed by atoms with E-state index >= 15 is 0 Å². The first-order chi connectivity index (χ1) is 8.12. The topological polar surface area (TPSA) is 0 Å². The molecule has 0 aromatic rings. The molecule has 0 heterocycles. The van der Waals surface area contributed by atoms with Crippen LogP contribution in [0.1, 0.15) is 78.1 Å². The Hall–Kier alpha value is 1.00. The summed E-state index contributed by atoms with van der Waals surface area (Å²) >= 11 is 10.4. The first-order valence-electron chi connectivity index (χ1n) is 7.43. The Labute approximate surface area is 120 Å². The summed E-state index contributed by atoms with van der Waals surface area (Å²) in [6.07, 6.45) is 16.0. The minimum absolute atomic E-state index is 1.23. The molecule has 0 unspecified atom stereocenters. The average Bonchev–Trinajstić information content (AvgIpc) is 2.28. The van der Waals surface area contributed by atoms with Crippen molar-refractivity contribution in [3.63, 3.8) is 0 Å². The Kier molecular flexibility index (Phi) is 12.8. The zero-order valence-corrected chi connectivity index (χ0v) is 14.4. The summed E-state index contributed by atoms with van der Waals surface area (Å²) < 4.78 is 0. The normalized spacial score (nSPS) is 11.9. The highest BCUT2D eigenvalue weighted by molar-refractivity contribution is 8.63. The Balaban J connectivity index is 3.42. The van der Waals surface area contributed by atoms with Crippen LogP contribution in [-0.2, 0) is 11.8 Å². The summed E-state index contributed by atoms with van der Waals surface area (Å²) in [5, 5.41) is -1.26. The summed E-state index contributed by atoms with van der Waals surface area (Å²) in [6, 6.07) is 0. The van der Waals surface area contributed by atoms with Crippen molar-refractivity contribution in [2.24, 2.45) is 0 Å². The van der Waals surface area contributed by atoms with Crippen LogP contribution in [0.5, 0.6) is 0 Å². The minimum atomic E-state index is -1.26. The van der Waals surface area contributed by atoms with Crippen LogP contribution in [0.4, 0.5) is 0 Å². The lowest BCUT2D eigenvalue weighted by atomic mass is 10.2. The molecule has 0 aromatic heterocycles. The maximum absolute atomic E-state index is 5.67. The van der Waals surface area contributed by atoms with Crippen LogP contribution in [0.25, 0.3) is 0 Å². The molecule has 0 amide bonds. The van der Waals surface area contributed by atoms with Crippen LogP contribution in [-0.4, -0.2) is 12.3 Å². The second kappa shape index (κ2) is 12.1. The summed E-state index contributed by atoms with van der Waals surface area (Å²) in [5.41, 5.74) is 0. The third-order valence-corrected chi connectivity index (χ3v) is 7.55. The number of hydrogen-bond donors (Lipinski definition) is 1. The number of hydrogen-bond acceptors (Lipinski definition) is 1. The van der Waals surface area contributed by atoms with E-state index in [4.69, 9.17) is 24.1 Å². The summed E-state index contributed by atoms with van der Waals surface area (Å²) in [4.78, 5) is 0. The van der Waals surface area contributed by atoms with Crippen LogP contribution in [0.15, 0.2) is 0 Å². The standard InChI is InChI=1S/C14H31PS2/c1-3-5-7-9-11-13-15(16,17)14-12-10-8-6-4-2/h3-14H2,1-2H3,(H,16,17). The molecule has 0 atom stereocenters. The van der Waals surface area contributed by atoms with Crippen molar-refractivity contribution in [1.82, 2.24) is 0 Å². The van der Waals surface area contributed by atoms with Gasteiger partial charge in [-0.15, -0.1) is 12.2 Å². The minimum Gasteiger partial charge on any atom is -0.141 e. The lowest BCUT2D eigenvalue weighted by Crippen LogP contribution is -1.91. The lowest BCUT2D eigenvalue weighted by molar-refractivity contribution is 0.653. The van der Waals surface area contributed by atoms with E-state index in [9.17, 15) is 0 Å². The average molecular weight is 295 g/mol. The first kappa shape index (κ1) is 18.0. The van der Waals surface area contributed by atoms with Crippen molar-refractivity contribution in [2.75, 3.05) is 12.3 Å². The van der Waals surface area contributed by atoms with E-state index in [0.717, 1.165) is 0 Å². The number of thiol groups is 1. The van der Waals surface area contributed by atoms with E-state index in [1.54, 1.807) is 0 Å². The monoisotopic (exact) mass is 294 g/mol. The van der Waals surface area contributed by atoms with Gasteiger partial charge in [-0.3, -0.25) is 0 Å². The smallest absolute Gasteiger partial charge is 0.00343 e. The first-order valence-corrected chi connectivity index (χ1v) is 11.8. The molecule has 0 rings (SSSR count). The predicted molar refractivity (Wildman–Crippen MR) is 90.5 cm³/mol. The molecule has 0 nitrogen and oxygen atoms in total. The van der Waals surface area contributed by atoms with Crippen molar-refractivity contribution in [1.29, 1.82) is 0 Å². The number of unbranched alkanes of at least 4 members (excludes halogenated alkanes) is 8. The van der Waals surface area contributed by atoms with Gasteiger partial charge < -0.3 is 0 Å². The molecule has 0 saturated heterocycles. The maximum Gasteiger partial charge on any atom is 0.00343 e. The van der Waals surface area contributed by atoms with Crippen LogP contribution in [0.3, 0.4) is 0 Å². The fourth-order valence-corrected chi connectivity index (χ4v) is 5.32. The molecule has 0 fully saturated rings. The fraction of sp³-hybridized carbons (Fsp3) is 1.00. The zero-order chi connectivity index (χ0) is 13.0. The van der Waals surface area contributed by atoms with Gasteiger partial charge in [0.2, 0.25) is 0 Å². The van der Waals surface area contributed by atoms with Gasteiger partial charge in [0, 0.05) is 5.24 Å². The summed E-state index contributed by atoms with van der Waals surface area (Å²) in [7, 11) is 0. The van der Waals surface area contributed by atoms with Gasteiger partial charge in [-0.1, -0.05) is 77.0 Å². The Bertz CT molecular complexity index is 186. The second-order valence-electron chi connectivity index (χ2n) is 5.12. The van der Waals surface area contributed by atoms with E-state index in [1.807, 2.05) is 0 Å². The molecule has 0 aliphatic heterocycles. The van der Waals surface area contributed by atoms with Gasteiger partial charge >= 0.3 is 0 Å². The van der Waals surface area contributed by atoms with Crippen molar-refractivity contribution >= 4 is 29.3 Å². The van der Waals surface area contributed by atoms with Crippen molar-refractivity contribution in [2.45, 2.75) is 78.1 Å². The Morgan fingerprint density at radius 3 is 1.41 bits per heavy atom. The van der Waals surface area contributed by atoms with E-state index in [1.165, 1.54) is 76.5 Å². The maximum atomic E-state index is 5.67. The molecular weight excluding hydrogens is 263 g/mol. The molecule has 104 valence electrons. The molecule has 0 aromatic carbocycles. The zero-order valence-electron chi connectivity index (χ0n) is 11.8. The molecule has 3 heteroatoms. The number of rotatable bonds is 12. The van der Waals surface area contributed by atoms with E-state index in [0.29, 0.717) is 0 Å². The van der Waals surface area contributed by atoms with E-state index in [2.05, 4.69) is 13.8 Å². The predicted octanol–water partition coefficient (Wildman–Crippen LogP) is 6.25. The highest BCUT2D eigenvalue weighted by Crippen LogP contribution is 2.52. The quantitative estimate of drug-likeness (QED) is 0.252. The van der Waals surface area contributed by atoms with Gasteiger partial charge in [0.1, 0.15) is 0 Å². The third kappa shape index (κ3) is 13.2. The molecular formula is C14H31PS2. The van der Waals surface area contributed by atoms with Crippen LogP contribution in [0.2, 0.25) is 0 Å². The lowest BCUT2D eigenvalue weighted by Gasteiger charge is -2.15. The molecule has 0 spiro atoms. The largest absolute Gasteiger partial charge is 0.141 e. The van der Waals surface area contributed by atoms with E-state index in [-0.39, 0.29) is 0 Å². The Morgan fingerprint density at radius 2 is 1.06 bits per heavy atom. The summed E-state index contributed by atoms with van der Waals surface area (Å²) in [5.74, 6) is 0. The molecule has 0 N–H and O–H groups in total. The fourth-order valence-electron chi connectivity index (χ4n) is 2.04. The van der Waals surface area contributed by atoms with Crippen LogP contribution < -0.4 is 0 Å². The molecule has 0 radical (unpaired) electrons. The SMILES string of the molecule is CCCCCCCP(=S)(S)CCCCCCC. The van der Waals surface area contributed by atoms with Gasteiger partial charge in [-0.05, 0) is 25.2 Å². The van der Waals surface area contributed by atoms with Gasteiger partial charge in [0.25, 0.3) is 0 Å². The molecule has 0 saturated carbocycles. The van der Waals surface area contributed by atoms with Crippen molar-refractivity contribution in [3.05, 3.63) is 0 Å². The van der Waals surface area contributed by atoms with Gasteiger partial charge in [-0.2, -0.15) is 0 Å². The van der Waals surface area contributed by atoms with E-state index < -0.39 is 5.24 Å². The van der Waals surface area contributed by atoms with Crippen molar-refractivity contribution < 1.29 is 0 Å². The van der Waals surface area contributed by atoms with Crippen LogP contribution >= 0.6 is 17.5 Å². The van der Waals surface area contributed by atoms with Gasteiger partial charge in [0.05, 0.1) is 0 Å².